The zero-order valence-electron chi connectivity index (χ0n) is 14.2. The van der Waals surface area contributed by atoms with Crippen molar-refractivity contribution < 1.29 is 9.84 Å². The highest BCUT2D eigenvalue weighted by molar-refractivity contribution is 6.30. The summed E-state index contributed by atoms with van der Waals surface area (Å²) in [5, 5.41) is 15.3. The Morgan fingerprint density at radius 2 is 2.00 bits per heavy atom. The summed E-state index contributed by atoms with van der Waals surface area (Å²) in [6.45, 7) is 2.56. The first kappa shape index (κ1) is 16.7. The number of halogens is 1. The van der Waals surface area contributed by atoms with Crippen molar-refractivity contribution in [2.24, 2.45) is 5.10 Å². The minimum Gasteiger partial charge on any atom is -0.508 e. The number of aromatic nitrogens is 1. The van der Waals surface area contributed by atoms with Crippen molar-refractivity contribution in [1.82, 2.24) is 10.4 Å². The summed E-state index contributed by atoms with van der Waals surface area (Å²) in [5.74, 6) is 1.03. The maximum Gasteiger partial charge on any atom is 0.135 e. The summed E-state index contributed by atoms with van der Waals surface area (Å²) in [6.07, 6.45) is 0.703. The molecule has 1 aromatic heterocycles. The molecule has 0 fully saturated rings. The van der Waals surface area contributed by atoms with E-state index >= 15 is 0 Å². The number of pyridine rings is 1. The van der Waals surface area contributed by atoms with Crippen LogP contribution in [0.2, 0.25) is 5.15 Å². The van der Waals surface area contributed by atoms with Crippen LogP contribution in [-0.2, 0) is 0 Å². The van der Waals surface area contributed by atoms with E-state index in [0.29, 0.717) is 18.2 Å². The highest BCUT2D eigenvalue weighted by atomic mass is 35.5. The van der Waals surface area contributed by atoms with Gasteiger partial charge in [-0.25, -0.2) is 4.98 Å². The number of rotatable bonds is 4. The summed E-state index contributed by atoms with van der Waals surface area (Å²) in [4.78, 5) is 4.53. The molecule has 3 aromatic rings. The molecule has 2 heterocycles. The summed E-state index contributed by atoms with van der Waals surface area (Å²) in [6, 6.07) is 14.9. The number of nitrogens with one attached hydrogen (secondary N) is 1. The van der Waals surface area contributed by atoms with E-state index < -0.39 is 0 Å². The summed E-state index contributed by atoms with van der Waals surface area (Å²) < 4.78 is 5.52. The smallest absolute Gasteiger partial charge is 0.135 e. The van der Waals surface area contributed by atoms with Crippen LogP contribution in [0.1, 0.15) is 30.5 Å². The predicted octanol–water partition coefficient (Wildman–Crippen LogP) is 4.43. The average Bonchev–Trinajstić information content (AvgIpc) is 3.12. The maximum absolute atomic E-state index is 9.43. The van der Waals surface area contributed by atoms with Crippen LogP contribution >= 0.6 is 11.6 Å². The normalized spacial score (nSPS) is 16.4. The Labute approximate surface area is 156 Å². The SMILES string of the molecule is CCOc1ccc2cc(C3CC(c4ccc(O)cc4)=NN3)c(Cl)nc2c1. The van der Waals surface area contributed by atoms with Crippen molar-refractivity contribution in [1.29, 1.82) is 0 Å². The summed E-state index contributed by atoms with van der Waals surface area (Å²) >= 11 is 6.45. The molecule has 6 heteroatoms. The number of fused-ring (bicyclic) bond motifs is 1. The van der Waals surface area contributed by atoms with Gasteiger partial charge in [0.05, 0.1) is 23.9 Å². The Balaban J connectivity index is 1.60. The molecule has 2 N–H and O–H groups in total. The number of phenolic OH excluding ortho intramolecular Hbond substituents is 1. The lowest BCUT2D eigenvalue weighted by atomic mass is 9.99. The lowest BCUT2D eigenvalue weighted by molar-refractivity contribution is 0.340. The first-order valence-electron chi connectivity index (χ1n) is 8.48. The molecule has 2 aromatic carbocycles. The molecule has 1 aliphatic rings. The van der Waals surface area contributed by atoms with Crippen LogP contribution in [-0.4, -0.2) is 22.4 Å². The average molecular weight is 368 g/mol. The molecule has 0 aliphatic carbocycles. The largest absolute Gasteiger partial charge is 0.508 e. The number of nitrogens with zero attached hydrogens (tertiary/aromatic N) is 2. The van der Waals surface area contributed by atoms with Crippen LogP contribution in [0.3, 0.4) is 0 Å². The summed E-state index contributed by atoms with van der Waals surface area (Å²) in [7, 11) is 0. The van der Waals surface area contributed by atoms with E-state index in [-0.39, 0.29) is 11.8 Å². The van der Waals surface area contributed by atoms with Gasteiger partial charge in [-0.2, -0.15) is 5.10 Å². The number of hydrazone groups is 1. The fourth-order valence-electron chi connectivity index (χ4n) is 3.10. The topological polar surface area (TPSA) is 66.7 Å². The molecule has 0 radical (unpaired) electrons. The number of aromatic hydroxyl groups is 1. The van der Waals surface area contributed by atoms with Gasteiger partial charge in [-0.3, -0.25) is 0 Å². The van der Waals surface area contributed by atoms with Crippen molar-refractivity contribution in [3.8, 4) is 11.5 Å². The molecule has 1 atom stereocenters. The van der Waals surface area contributed by atoms with Crippen LogP contribution < -0.4 is 10.2 Å². The molecule has 5 nitrogen and oxygen atoms in total. The van der Waals surface area contributed by atoms with E-state index in [1.807, 2.05) is 43.3 Å². The van der Waals surface area contributed by atoms with Gasteiger partial charge in [0.15, 0.2) is 0 Å². The van der Waals surface area contributed by atoms with Crippen LogP contribution in [0.25, 0.3) is 10.9 Å². The van der Waals surface area contributed by atoms with E-state index in [1.54, 1.807) is 12.1 Å². The van der Waals surface area contributed by atoms with Gasteiger partial charge < -0.3 is 15.3 Å². The molecule has 132 valence electrons. The zero-order valence-corrected chi connectivity index (χ0v) is 15.0. The van der Waals surface area contributed by atoms with Gasteiger partial charge in [0.2, 0.25) is 0 Å². The number of benzene rings is 2. The van der Waals surface area contributed by atoms with Crippen LogP contribution in [0, 0.1) is 0 Å². The molecule has 26 heavy (non-hydrogen) atoms. The molecule has 0 saturated heterocycles. The molecule has 0 amide bonds. The highest BCUT2D eigenvalue weighted by Crippen LogP contribution is 2.32. The Bertz CT molecular complexity index is 986. The van der Waals surface area contributed by atoms with Crippen molar-refractivity contribution >= 4 is 28.2 Å². The minimum absolute atomic E-state index is 0.0326. The van der Waals surface area contributed by atoms with Crippen LogP contribution in [0.4, 0.5) is 0 Å². The molecule has 1 aliphatic heterocycles. The second kappa shape index (κ2) is 6.84. The number of ether oxygens (including phenoxy) is 1. The van der Waals surface area contributed by atoms with E-state index in [2.05, 4.69) is 15.5 Å². The molecule has 1 unspecified atom stereocenters. The van der Waals surface area contributed by atoms with Crippen molar-refractivity contribution in [2.75, 3.05) is 6.61 Å². The fraction of sp³-hybridized carbons (Fsp3) is 0.200. The van der Waals surface area contributed by atoms with Gasteiger partial charge in [0, 0.05) is 23.4 Å². The van der Waals surface area contributed by atoms with Crippen molar-refractivity contribution in [2.45, 2.75) is 19.4 Å². The third-order valence-corrected chi connectivity index (χ3v) is 4.71. The maximum atomic E-state index is 9.43. The molecule has 4 rings (SSSR count). The van der Waals surface area contributed by atoms with E-state index in [4.69, 9.17) is 16.3 Å². The quantitative estimate of drug-likeness (QED) is 0.669. The van der Waals surface area contributed by atoms with Crippen LogP contribution in [0.15, 0.2) is 53.6 Å². The van der Waals surface area contributed by atoms with Crippen LogP contribution in [0.5, 0.6) is 11.5 Å². The Morgan fingerprint density at radius 3 is 2.77 bits per heavy atom. The molecule has 0 spiro atoms. The predicted molar refractivity (Wildman–Crippen MR) is 103 cm³/mol. The van der Waals surface area contributed by atoms with E-state index in [1.165, 1.54) is 0 Å². The van der Waals surface area contributed by atoms with Gasteiger partial charge in [0.1, 0.15) is 16.7 Å². The van der Waals surface area contributed by atoms with Gasteiger partial charge in [-0.1, -0.05) is 11.6 Å². The Morgan fingerprint density at radius 1 is 1.19 bits per heavy atom. The second-order valence-electron chi connectivity index (χ2n) is 6.15. The number of hydrogen-bond acceptors (Lipinski definition) is 5. The molecular weight excluding hydrogens is 350 g/mol. The standard InChI is InChI=1S/C20H18ClN3O2/c1-2-26-15-8-5-13-9-16(20(21)22-17(13)10-15)19-11-18(23-24-19)12-3-6-14(25)7-4-12/h3-10,19,24-25H,2,11H2,1H3. The monoisotopic (exact) mass is 367 g/mol. The summed E-state index contributed by atoms with van der Waals surface area (Å²) in [5.41, 5.74) is 6.78. The fourth-order valence-corrected chi connectivity index (χ4v) is 3.37. The number of phenols is 1. The first-order chi connectivity index (χ1) is 12.6. The Kier molecular flexibility index (Phi) is 4.39. The lowest BCUT2D eigenvalue weighted by Crippen LogP contribution is -2.11. The molecule has 0 bridgehead atoms. The molecular formula is C20H18ClN3O2. The molecule has 0 saturated carbocycles. The van der Waals surface area contributed by atoms with E-state index in [0.717, 1.165) is 33.5 Å². The van der Waals surface area contributed by atoms with Gasteiger partial charge >= 0.3 is 0 Å². The van der Waals surface area contributed by atoms with E-state index in [9.17, 15) is 5.11 Å². The van der Waals surface area contributed by atoms with Gasteiger partial charge in [-0.05, 0) is 55.0 Å². The third kappa shape index (κ3) is 3.18. The zero-order chi connectivity index (χ0) is 18.1. The van der Waals surface area contributed by atoms with Gasteiger partial charge in [-0.15, -0.1) is 0 Å². The minimum atomic E-state index is -0.0326. The second-order valence-corrected chi connectivity index (χ2v) is 6.51. The first-order valence-corrected chi connectivity index (χ1v) is 8.86. The van der Waals surface area contributed by atoms with Gasteiger partial charge in [0.25, 0.3) is 0 Å². The van der Waals surface area contributed by atoms with Crippen molar-refractivity contribution in [3.05, 3.63) is 64.8 Å². The van der Waals surface area contributed by atoms with Crippen molar-refractivity contribution in [3.63, 3.8) is 0 Å². The highest BCUT2D eigenvalue weighted by Gasteiger charge is 2.24. The number of hydrogen-bond donors (Lipinski definition) is 2. The lowest BCUT2D eigenvalue weighted by Gasteiger charge is -2.13. The third-order valence-electron chi connectivity index (χ3n) is 4.41. The Hall–Kier alpha value is -2.79.